The second kappa shape index (κ2) is 6.67. The van der Waals surface area contributed by atoms with E-state index in [4.69, 9.17) is 5.26 Å². The highest BCUT2D eigenvalue weighted by molar-refractivity contribution is 6.10. The number of hydrogen-bond donors (Lipinski definition) is 3. The van der Waals surface area contributed by atoms with Crippen molar-refractivity contribution in [2.24, 2.45) is 0 Å². The van der Waals surface area contributed by atoms with Crippen LogP contribution >= 0.6 is 0 Å². The molecule has 4 nitrogen and oxygen atoms in total. The third-order valence-corrected chi connectivity index (χ3v) is 4.09. The Morgan fingerprint density at radius 2 is 1.21 bits per heavy atom. The van der Waals surface area contributed by atoms with Crippen LogP contribution in [0.2, 0.25) is 0 Å². The van der Waals surface area contributed by atoms with Crippen molar-refractivity contribution in [3.8, 4) is 6.07 Å². The predicted octanol–water partition coefficient (Wildman–Crippen LogP) is 0.337. The van der Waals surface area contributed by atoms with E-state index in [1.54, 1.807) is 16.1 Å². The van der Waals surface area contributed by atoms with E-state index >= 15 is 0 Å². The van der Waals surface area contributed by atoms with Crippen LogP contribution in [0.4, 0.5) is 26.3 Å². The molecule has 10 heteroatoms. The third-order valence-electron chi connectivity index (χ3n) is 4.09. The first kappa shape index (κ1) is 19.4. The van der Waals surface area contributed by atoms with Crippen LogP contribution in [0.15, 0.2) is 54.6 Å². The Kier molecular flexibility index (Phi) is 4.62. The maximum atomic E-state index is 13.6. The van der Waals surface area contributed by atoms with Crippen LogP contribution in [0.25, 0.3) is 0 Å². The summed E-state index contributed by atoms with van der Waals surface area (Å²) in [6, 6.07) is 14.2. The van der Waals surface area contributed by atoms with Crippen molar-refractivity contribution in [3.05, 3.63) is 71.3 Å². The van der Waals surface area contributed by atoms with Crippen molar-refractivity contribution in [1.29, 1.82) is 5.26 Å². The molecule has 0 fully saturated rings. The van der Waals surface area contributed by atoms with E-state index < -0.39 is 29.7 Å². The number of alkyl halides is 6. The molecule has 0 amide bonds. The number of benzene rings is 2. The smallest absolute Gasteiger partial charge is 0.216 e. The summed E-state index contributed by atoms with van der Waals surface area (Å²) in [5.74, 6) is -0.967. The van der Waals surface area contributed by atoms with Crippen molar-refractivity contribution in [1.82, 2.24) is 5.32 Å². The first-order chi connectivity index (χ1) is 13.1. The molecule has 2 aromatic rings. The normalized spacial score (nSPS) is 16.5. The molecule has 28 heavy (non-hydrogen) atoms. The summed E-state index contributed by atoms with van der Waals surface area (Å²) >= 11 is 0. The van der Waals surface area contributed by atoms with E-state index in [9.17, 15) is 26.3 Å². The van der Waals surface area contributed by atoms with Gasteiger partial charge in [-0.1, -0.05) is 18.2 Å². The molecule has 0 saturated carbocycles. The molecule has 0 aromatic heterocycles. The predicted molar refractivity (Wildman–Crippen MR) is 85.7 cm³/mol. The van der Waals surface area contributed by atoms with Crippen LogP contribution < -0.4 is 15.3 Å². The molecule has 1 aliphatic rings. The third kappa shape index (κ3) is 3.31. The quantitative estimate of drug-likeness (QED) is 0.639. The molecule has 0 aliphatic carbocycles. The zero-order chi connectivity index (χ0) is 20.6. The molecule has 1 aliphatic heterocycles. The first-order valence-electron chi connectivity index (χ1n) is 7.84. The molecule has 3 rings (SSSR count). The van der Waals surface area contributed by atoms with Gasteiger partial charge >= 0.3 is 18.0 Å². The van der Waals surface area contributed by atoms with Crippen molar-refractivity contribution in [2.75, 3.05) is 0 Å². The fourth-order valence-corrected chi connectivity index (χ4v) is 2.64. The Labute approximate surface area is 154 Å². The maximum absolute atomic E-state index is 13.6. The summed E-state index contributed by atoms with van der Waals surface area (Å²) in [6.07, 6.45) is -11.4. The molecular weight excluding hydrogens is 386 g/mol. The summed E-state index contributed by atoms with van der Waals surface area (Å²) < 4.78 is 81.9. The highest BCUT2D eigenvalue weighted by Crippen LogP contribution is 2.35. The Balaban J connectivity index is 2.23. The standard InChI is InChI=1S/C18H10F6N4/c19-17(20,21)16(18(22,23)24)27-14(12-4-2-1-3-5-12)26-15(28-16)13-8-6-11(10-25)7-9-13/h1-9H,(H,26,27,28)/p+2. The van der Waals surface area contributed by atoms with E-state index in [-0.39, 0.29) is 16.7 Å². The number of amidine groups is 2. The molecule has 0 spiro atoms. The Morgan fingerprint density at radius 3 is 1.64 bits per heavy atom. The van der Waals surface area contributed by atoms with Gasteiger partial charge in [0.15, 0.2) is 0 Å². The lowest BCUT2D eigenvalue weighted by molar-refractivity contribution is -0.861. The van der Waals surface area contributed by atoms with Crippen LogP contribution in [-0.4, -0.2) is 29.7 Å². The van der Waals surface area contributed by atoms with Crippen LogP contribution in [0.1, 0.15) is 16.7 Å². The van der Waals surface area contributed by atoms with Crippen LogP contribution in [0, 0.1) is 11.3 Å². The Bertz CT molecular complexity index is 952. The Morgan fingerprint density at radius 1 is 0.750 bits per heavy atom. The number of nitriles is 1. The number of rotatable bonds is 2. The minimum absolute atomic E-state index is 0.0202. The average Bonchev–Trinajstić information content (AvgIpc) is 2.66. The van der Waals surface area contributed by atoms with Gasteiger partial charge in [0.05, 0.1) is 22.8 Å². The van der Waals surface area contributed by atoms with E-state index in [1.807, 2.05) is 6.07 Å². The second-order valence-electron chi connectivity index (χ2n) is 5.93. The van der Waals surface area contributed by atoms with Gasteiger partial charge in [0, 0.05) is 0 Å². The summed E-state index contributed by atoms with van der Waals surface area (Å²) in [4.78, 5) is 3.10. The van der Waals surface area contributed by atoms with Gasteiger partial charge in [-0.15, -0.1) is 0 Å². The summed E-state index contributed by atoms with van der Waals surface area (Å²) in [6.45, 7) is 0. The van der Waals surface area contributed by atoms with Crippen LogP contribution in [-0.2, 0) is 0 Å². The number of nitrogens with zero attached hydrogens (tertiary/aromatic N) is 1. The van der Waals surface area contributed by atoms with E-state index in [2.05, 4.69) is 5.32 Å². The topological polar surface area (TPSA) is 63.8 Å². The largest absolute Gasteiger partial charge is 0.485 e. The fraction of sp³-hybridized carbons (Fsp3) is 0.167. The molecular formula is C18H12F6N4+2. The van der Waals surface area contributed by atoms with E-state index in [0.29, 0.717) is 0 Å². The van der Waals surface area contributed by atoms with Gasteiger partial charge in [-0.2, -0.15) is 31.6 Å². The van der Waals surface area contributed by atoms with Gasteiger partial charge in [-0.05, 0) is 36.4 Å². The van der Waals surface area contributed by atoms with E-state index in [1.165, 1.54) is 48.5 Å². The van der Waals surface area contributed by atoms with E-state index in [0.717, 1.165) is 0 Å². The van der Waals surface area contributed by atoms with Gasteiger partial charge in [0.25, 0.3) is 11.7 Å². The van der Waals surface area contributed by atoms with Gasteiger partial charge in [-0.3, -0.25) is 0 Å². The highest BCUT2D eigenvalue weighted by Gasteiger charge is 2.78. The lowest BCUT2D eigenvalue weighted by Crippen LogP contribution is -3.20. The highest BCUT2D eigenvalue weighted by atomic mass is 19.4. The van der Waals surface area contributed by atoms with Crippen molar-refractivity contribution in [2.45, 2.75) is 18.0 Å². The maximum Gasteiger partial charge on any atom is 0.485 e. The van der Waals surface area contributed by atoms with Crippen LogP contribution in [0.3, 0.4) is 0 Å². The first-order valence-corrected chi connectivity index (χ1v) is 7.84. The molecule has 3 N–H and O–H groups in total. The zero-order valence-corrected chi connectivity index (χ0v) is 13.9. The summed E-state index contributed by atoms with van der Waals surface area (Å²) in [7, 11) is 0. The molecule has 0 saturated heterocycles. The summed E-state index contributed by atoms with van der Waals surface area (Å²) in [5.41, 5.74) is -4.07. The van der Waals surface area contributed by atoms with Crippen molar-refractivity contribution < 1.29 is 36.3 Å². The molecule has 144 valence electrons. The number of nitrogens with one attached hydrogen (secondary N) is 3. The van der Waals surface area contributed by atoms with Gasteiger partial charge < -0.3 is 0 Å². The number of hydrogen-bond acceptors (Lipinski definition) is 2. The second-order valence-corrected chi connectivity index (χ2v) is 5.93. The monoisotopic (exact) mass is 398 g/mol. The average molecular weight is 398 g/mol. The van der Waals surface area contributed by atoms with Crippen LogP contribution in [0.5, 0.6) is 0 Å². The lowest BCUT2D eigenvalue weighted by Gasteiger charge is -2.29. The molecule has 0 atom stereocenters. The minimum Gasteiger partial charge on any atom is -0.216 e. The van der Waals surface area contributed by atoms with Gasteiger partial charge in [0.2, 0.25) is 0 Å². The zero-order valence-electron chi connectivity index (χ0n) is 13.9. The lowest BCUT2D eigenvalue weighted by atomic mass is 10.1. The fourth-order valence-electron chi connectivity index (χ4n) is 2.64. The van der Waals surface area contributed by atoms with Gasteiger partial charge in [-0.25, -0.2) is 15.3 Å². The Hall–Kier alpha value is -3.35. The van der Waals surface area contributed by atoms with Crippen molar-refractivity contribution in [3.63, 3.8) is 0 Å². The molecule has 0 unspecified atom stereocenters. The molecule has 0 radical (unpaired) electrons. The molecule has 1 heterocycles. The minimum atomic E-state index is -5.72. The summed E-state index contributed by atoms with van der Waals surface area (Å²) in [5, 5.41) is 11.4. The molecule has 0 bridgehead atoms. The SMILES string of the molecule is N#Cc1ccc(C2=[NH+]C(C(F)(F)F)(C(F)(F)F)[NH+]=C(c3ccccc3)N2)cc1. The van der Waals surface area contributed by atoms with Gasteiger partial charge in [0.1, 0.15) is 0 Å². The molecule has 2 aromatic carbocycles. The van der Waals surface area contributed by atoms with Crippen molar-refractivity contribution >= 4 is 11.7 Å². The number of halogens is 6.